The molecule has 2 aliphatic heterocycles. The Bertz CT molecular complexity index is 754. The van der Waals surface area contributed by atoms with Gasteiger partial charge in [-0.05, 0) is 47.7 Å². The minimum Gasteiger partial charge on any atom is -0.479 e. The monoisotopic (exact) mass is 363 g/mol. The third-order valence-corrected chi connectivity index (χ3v) is 6.55. The van der Waals surface area contributed by atoms with E-state index in [4.69, 9.17) is 9.84 Å². The molecule has 4 rings (SSSR count). The number of carbonyl (C=O) groups excluding carboxylic acids is 1. The third-order valence-electron chi connectivity index (χ3n) is 4.63. The average Bonchev–Trinajstić information content (AvgIpc) is 3.33. The maximum absolute atomic E-state index is 13.0. The first-order valence-electron chi connectivity index (χ1n) is 7.93. The number of fused-ring (bicyclic) bond motifs is 1. The molecule has 1 saturated heterocycles. The zero-order valence-electron chi connectivity index (χ0n) is 12.9. The zero-order valence-corrected chi connectivity index (χ0v) is 14.5. The van der Waals surface area contributed by atoms with E-state index in [0.717, 1.165) is 11.3 Å². The maximum atomic E-state index is 13.0. The van der Waals surface area contributed by atoms with Crippen molar-refractivity contribution in [1.82, 2.24) is 4.90 Å². The molecule has 2 aliphatic rings. The first-order chi connectivity index (χ1) is 11.6. The zero-order chi connectivity index (χ0) is 16.7. The van der Waals surface area contributed by atoms with E-state index < -0.39 is 18.2 Å². The highest BCUT2D eigenvalue weighted by Crippen LogP contribution is 2.40. The molecule has 1 unspecified atom stereocenters. The molecule has 0 bridgehead atoms. The fourth-order valence-corrected chi connectivity index (χ4v) is 5.25. The van der Waals surface area contributed by atoms with Gasteiger partial charge >= 0.3 is 5.97 Å². The number of aliphatic carboxylic acids is 1. The Labute approximate surface area is 147 Å². The van der Waals surface area contributed by atoms with E-state index in [1.165, 1.54) is 10.4 Å². The lowest BCUT2D eigenvalue weighted by Crippen LogP contribution is -2.45. The van der Waals surface area contributed by atoms with Gasteiger partial charge in [-0.2, -0.15) is 0 Å². The highest BCUT2D eigenvalue weighted by molar-refractivity contribution is 7.10. The Balaban J connectivity index is 1.62. The average molecular weight is 363 g/mol. The molecular formula is C17H17NO4S2. The van der Waals surface area contributed by atoms with E-state index in [2.05, 4.69) is 17.5 Å². The molecule has 0 spiro atoms. The molecule has 1 N–H and O–H groups in total. The quantitative estimate of drug-likeness (QED) is 0.911. The van der Waals surface area contributed by atoms with E-state index in [1.807, 2.05) is 16.3 Å². The van der Waals surface area contributed by atoms with Crippen molar-refractivity contribution in [1.29, 1.82) is 0 Å². The van der Waals surface area contributed by atoms with Crippen LogP contribution in [0.4, 0.5) is 0 Å². The Morgan fingerprint density at radius 2 is 2.00 bits per heavy atom. The Morgan fingerprint density at radius 1 is 1.17 bits per heavy atom. The molecule has 0 radical (unpaired) electrons. The van der Waals surface area contributed by atoms with Crippen LogP contribution >= 0.6 is 22.7 Å². The highest BCUT2D eigenvalue weighted by atomic mass is 32.1. The molecule has 0 saturated carbocycles. The summed E-state index contributed by atoms with van der Waals surface area (Å²) < 4.78 is 5.49. The molecule has 1 amide bonds. The summed E-state index contributed by atoms with van der Waals surface area (Å²) in [7, 11) is 0. The first-order valence-corrected chi connectivity index (χ1v) is 9.69. The van der Waals surface area contributed by atoms with Crippen molar-refractivity contribution in [2.75, 3.05) is 6.54 Å². The van der Waals surface area contributed by atoms with Crippen molar-refractivity contribution in [3.8, 4) is 0 Å². The van der Waals surface area contributed by atoms with Gasteiger partial charge in [0.05, 0.1) is 6.04 Å². The Hall–Kier alpha value is -1.70. The van der Waals surface area contributed by atoms with Gasteiger partial charge in [-0.25, -0.2) is 4.79 Å². The molecule has 7 heteroatoms. The van der Waals surface area contributed by atoms with Crippen LogP contribution in [0.25, 0.3) is 0 Å². The molecule has 3 atom stereocenters. The van der Waals surface area contributed by atoms with Crippen LogP contribution in [0.1, 0.15) is 34.2 Å². The van der Waals surface area contributed by atoms with Crippen LogP contribution in [-0.4, -0.2) is 40.6 Å². The van der Waals surface area contributed by atoms with E-state index in [-0.39, 0.29) is 11.9 Å². The van der Waals surface area contributed by atoms with Crippen LogP contribution in [0, 0.1) is 0 Å². The number of carboxylic acid groups (broad SMARTS) is 1. The lowest BCUT2D eigenvalue weighted by atomic mass is 9.97. The van der Waals surface area contributed by atoms with Gasteiger partial charge in [-0.3, -0.25) is 4.79 Å². The fourth-order valence-electron chi connectivity index (χ4n) is 3.49. The predicted molar refractivity (Wildman–Crippen MR) is 91.4 cm³/mol. The molecule has 1 fully saturated rings. The van der Waals surface area contributed by atoms with E-state index in [9.17, 15) is 9.59 Å². The summed E-state index contributed by atoms with van der Waals surface area (Å²) in [4.78, 5) is 28.4. The van der Waals surface area contributed by atoms with Crippen LogP contribution < -0.4 is 0 Å². The Morgan fingerprint density at radius 3 is 2.71 bits per heavy atom. The number of hydrogen-bond donors (Lipinski definition) is 1. The van der Waals surface area contributed by atoms with Crippen molar-refractivity contribution in [3.05, 3.63) is 44.3 Å². The molecule has 126 valence electrons. The van der Waals surface area contributed by atoms with Gasteiger partial charge in [-0.1, -0.05) is 6.07 Å². The van der Waals surface area contributed by atoms with Gasteiger partial charge in [-0.15, -0.1) is 22.7 Å². The first kappa shape index (κ1) is 15.8. The number of hydrogen-bond acceptors (Lipinski definition) is 5. The van der Waals surface area contributed by atoms with Crippen molar-refractivity contribution in [2.24, 2.45) is 0 Å². The maximum Gasteiger partial charge on any atom is 0.332 e. The van der Waals surface area contributed by atoms with E-state index >= 15 is 0 Å². The van der Waals surface area contributed by atoms with Crippen LogP contribution in [0.2, 0.25) is 0 Å². The van der Waals surface area contributed by atoms with Crippen molar-refractivity contribution in [3.63, 3.8) is 0 Å². The number of ether oxygens (including phenoxy) is 1. The van der Waals surface area contributed by atoms with Crippen molar-refractivity contribution < 1.29 is 19.4 Å². The second kappa shape index (κ2) is 6.31. The van der Waals surface area contributed by atoms with Gasteiger partial charge in [0, 0.05) is 16.3 Å². The number of amides is 1. The third kappa shape index (κ3) is 2.66. The van der Waals surface area contributed by atoms with Crippen molar-refractivity contribution in [2.45, 2.75) is 37.5 Å². The number of thiophene rings is 2. The summed E-state index contributed by atoms with van der Waals surface area (Å²) >= 11 is 3.38. The second-order valence-electron chi connectivity index (χ2n) is 6.03. The molecular weight excluding hydrogens is 346 g/mol. The van der Waals surface area contributed by atoms with Gasteiger partial charge in [0.25, 0.3) is 5.91 Å². The van der Waals surface area contributed by atoms with Gasteiger partial charge in [0.15, 0.2) is 6.10 Å². The SMILES string of the molecule is O=C(O)[C@H]1CC[C@@H](C(=O)N2CCc3sccc3C2c2cccs2)O1. The normalized spacial score (nSPS) is 26.3. The summed E-state index contributed by atoms with van der Waals surface area (Å²) in [5.41, 5.74) is 1.19. The summed E-state index contributed by atoms with van der Waals surface area (Å²) in [5, 5.41) is 13.2. The largest absolute Gasteiger partial charge is 0.479 e. The van der Waals surface area contributed by atoms with Crippen LogP contribution in [0.3, 0.4) is 0 Å². The number of nitrogens with zero attached hydrogens (tertiary/aromatic N) is 1. The lowest BCUT2D eigenvalue weighted by Gasteiger charge is -2.36. The van der Waals surface area contributed by atoms with Gasteiger partial charge in [0.2, 0.25) is 0 Å². The second-order valence-corrected chi connectivity index (χ2v) is 8.01. The Kier molecular flexibility index (Phi) is 4.15. The lowest BCUT2D eigenvalue weighted by molar-refractivity contribution is -0.155. The summed E-state index contributed by atoms with van der Waals surface area (Å²) in [6.07, 6.45) is 0.206. The summed E-state index contributed by atoms with van der Waals surface area (Å²) in [6.45, 7) is 0.645. The fraction of sp³-hybridized carbons (Fsp3) is 0.412. The molecule has 2 aromatic rings. The van der Waals surface area contributed by atoms with E-state index in [0.29, 0.717) is 19.4 Å². The standard InChI is InChI=1S/C17H17NO4S2/c19-16(11-3-4-12(22-11)17(20)21)18-7-5-13-10(6-9-24-13)15(18)14-2-1-8-23-14/h1-2,6,8-9,11-12,15H,3-5,7H2,(H,20,21)/t11-,12+,15?/m0/s1. The molecule has 24 heavy (non-hydrogen) atoms. The predicted octanol–water partition coefficient (Wildman–Crippen LogP) is 2.92. The van der Waals surface area contributed by atoms with Crippen LogP contribution in [0.5, 0.6) is 0 Å². The minimum atomic E-state index is -0.987. The van der Waals surface area contributed by atoms with Crippen LogP contribution in [0.15, 0.2) is 29.0 Å². The smallest absolute Gasteiger partial charge is 0.332 e. The number of carboxylic acids is 1. The molecule has 4 heterocycles. The van der Waals surface area contributed by atoms with Gasteiger partial charge in [0.1, 0.15) is 6.10 Å². The number of rotatable bonds is 3. The highest BCUT2D eigenvalue weighted by Gasteiger charge is 2.41. The topological polar surface area (TPSA) is 66.8 Å². The van der Waals surface area contributed by atoms with Crippen molar-refractivity contribution >= 4 is 34.6 Å². The minimum absolute atomic E-state index is 0.0834. The molecule has 2 aromatic heterocycles. The summed E-state index contributed by atoms with van der Waals surface area (Å²) in [5.74, 6) is -1.08. The van der Waals surface area contributed by atoms with Gasteiger partial charge < -0.3 is 14.7 Å². The van der Waals surface area contributed by atoms with Crippen LogP contribution in [-0.2, 0) is 20.7 Å². The molecule has 0 aromatic carbocycles. The molecule has 5 nitrogen and oxygen atoms in total. The van der Waals surface area contributed by atoms with E-state index in [1.54, 1.807) is 22.7 Å². The number of carbonyl (C=O) groups is 2. The summed E-state index contributed by atoms with van der Waals surface area (Å²) in [6, 6.07) is 6.06. The molecule has 0 aliphatic carbocycles.